The first-order valence-corrected chi connectivity index (χ1v) is 11.2. The Morgan fingerprint density at radius 1 is 1.03 bits per heavy atom. The number of sulfonamides is 1. The molecule has 7 nitrogen and oxygen atoms in total. The normalized spacial score (nSPS) is 17.3. The zero-order valence-electron chi connectivity index (χ0n) is 16.7. The van der Waals surface area contributed by atoms with Crippen molar-refractivity contribution in [2.75, 3.05) is 26.3 Å². The zero-order chi connectivity index (χ0) is 20.9. The first-order chi connectivity index (χ1) is 13.9. The summed E-state index contributed by atoms with van der Waals surface area (Å²) in [5, 5.41) is 2.82. The van der Waals surface area contributed by atoms with Gasteiger partial charge in [-0.05, 0) is 26.0 Å². The molecule has 2 aromatic rings. The molecular formula is C21H28N3O4S+. The Morgan fingerprint density at radius 3 is 2.28 bits per heavy atom. The van der Waals surface area contributed by atoms with Crippen molar-refractivity contribution < 1.29 is 22.8 Å². The van der Waals surface area contributed by atoms with E-state index >= 15 is 0 Å². The number of carbonyl (C=O) groups excluding carboxylic acids is 1. The van der Waals surface area contributed by atoms with Gasteiger partial charge in [0.05, 0.1) is 24.2 Å². The van der Waals surface area contributed by atoms with E-state index in [9.17, 15) is 13.2 Å². The van der Waals surface area contributed by atoms with Gasteiger partial charge in [-0.2, -0.15) is 0 Å². The maximum atomic E-state index is 12.5. The van der Waals surface area contributed by atoms with Gasteiger partial charge >= 0.3 is 6.03 Å². The van der Waals surface area contributed by atoms with Crippen LogP contribution in [-0.4, -0.2) is 46.8 Å². The quantitative estimate of drug-likeness (QED) is 0.654. The Labute approximate surface area is 172 Å². The van der Waals surface area contributed by atoms with Crippen molar-refractivity contribution in [3.63, 3.8) is 0 Å². The predicted octanol–water partition coefficient (Wildman–Crippen LogP) is 1.03. The Morgan fingerprint density at radius 2 is 1.66 bits per heavy atom. The highest BCUT2D eigenvalue weighted by Crippen LogP contribution is 2.15. The molecule has 1 aliphatic heterocycles. The molecule has 1 fully saturated rings. The topological polar surface area (TPSA) is 88.9 Å². The molecule has 0 saturated carbocycles. The molecule has 1 saturated heterocycles. The summed E-state index contributed by atoms with van der Waals surface area (Å²) in [5.74, 6) is 0. The summed E-state index contributed by atoms with van der Waals surface area (Å²) >= 11 is 0. The summed E-state index contributed by atoms with van der Waals surface area (Å²) in [6, 6.07) is 15.3. The summed E-state index contributed by atoms with van der Waals surface area (Å²) in [6.07, 6.45) is 0. The van der Waals surface area contributed by atoms with E-state index in [0.29, 0.717) is 13.2 Å². The van der Waals surface area contributed by atoms with Gasteiger partial charge in [-0.1, -0.05) is 48.0 Å². The molecule has 1 heterocycles. The second-order valence-electron chi connectivity index (χ2n) is 7.34. The molecule has 0 bridgehead atoms. The van der Waals surface area contributed by atoms with Crippen LogP contribution in [0.5, 0.6) is 0 Å². The van der Waals surface area contributed by atoms with Crippen LogP contribution in [-0.2, 0) is 14.8 Å². The van der Waals surface area contributed by atoms with Gasteiger partial charge in [0.15, 0.2) is 0 Å². The number of nitrogens with one attached hydrogen (secondary N) is 3. The maximum absolute atomic E-state index is 12.5. The minimum atomic E-state index is -3.93. The van der Waals surface area contributed by atoms with Gasteiger partial charge in [-0.25, -0.2) is 17.9 Å². The highest BCUT2D eigenvalue weighted by Gasteiger charge is 2.32. The third-order valence-electron chi connectivity index (χ3n) is 5.15. The number of amides is 2. The molecule has 0 spiro atoms. The Kier molecular flexibility index (Phi) is 6.89. The first-order valence-electron chi connectivity index (χ1n) is 9.74. The van der Waals surface area contributed by atoms with Gasteiger partial charge in [-0.15, -0.1) is 0 Å². The van der Waals surface area contributed by atoms with E-state index in [0.717, 1.165) is 24.2 Å². The number of hydrogen-bond donors (Lipinski definition) is 3. The van der Waals surface area contributed by atoms with E-state index in [2.05, 4.69) is 10.0 Å². The first kappa shape index (κ1) is 21.3. The molecule has 2 amide bonds. The average molecular weight is 419 g/mol. The molecule has 0 aromatic heterocycles. The van der Waals surface area contributed by atoms with Crippen molar-refractivity contribution >= 4 is 16.1 Å². The fourth-order valence-corrected chi connectivity index (χ4v) is 4.62. The highest BCUT2D eigenvalue weighted by atomic mass is 32.2. The van der Waals surface area contributed by atoms with Crippen LogP contribution in [0.1, 0.15) is 24.1 Å². The lowest BCUT2D eigenvalue weighted by molar-refractivity contribution is -0.940. The van der Waals surface area contributed by atoms with E-state index in [1.54, 1.807) is 12.1 Å². The van der Waals surface area contributed by atoms with Crippen LogP contribution in [0.15, 0.2) is 59.5 Å². The van der Waals surface area contributed by atoms with E-state index < -0.39 is 16.1 Å². The summed E-state index contributed by atoms with van der Waals surface area (Å²) in [5.41, 5.74) is 2.04. The van der Waals surface area contributed by atoms with Crippen molar-refractivity contribution in [3.05, 3.63) is 65.7 Å². The van der Waals surface area contributed by atoms with Crippen LogP contribution in [0.25, 0.3) is 0 Å². The van der Waals surface area contributed by atoms with Crippen molar-refractivity contribution in [2.24, 2.45) is 0 Å². The van der Waals surface area contributed by atoms with E-state index in [4.69, 9.17) is 4.74 Å². The van der Waals surface area contributed by atoms with Gasteiger partial charge in [0.2, 0.25) is 0 Å². The van der Waals surface area contributed by atoms with Gasteiger partial charge < -0.3 is 15.0 Å². The monoisotopic (exact) mass is 418 g/mol. The number of ether oxygens (including phenoxy) is 1. The minimum absolute atomic E-state index is 0.00655. The number of quaternary nitrogens is 1. The van der Waals surface area contributed by atoms with Crippen molar-refractivity contribution in [3.8, 4) is 0 Å². The molecule has 0 aliphatic carbocycles. The molecule has 2 atom stereocenters. The summed E-state index contributed by atoms with van der Waals surface area (Å²) in [4.78, 5) is 13.9. The van der Waals surface area contributed by atoms with Crippen molar-refractivity contribution in [2.45, 2.75) is 30.8 Å². The molecule has 3 N–H and O–H groups in total. The lowest BCUT2D eigenvalue weighted by Crippen LogP contribution is -3.15. The van der Waals surface area contributed by atoms with E-state index in [1.165, 1.54) is 17.0 Å². The van der Waals surface area contributed by atoms with Gasteiger partial charge in [0, 0.05) is 5.56 Å². The number of rotatable bonds is 6. The number of carbonyl (C=O) groups is 1. The van der Waals surface area contributed by atoms with Crippen LogP contribution < -0.4 is 14.9 Å². The number of aryl methyl sites for hydroxylation is 1. The third-order valence-corrected chi connectivity index (χ3v) is 6.50. The van der Waals surface area contributed by atoms with Gasteiger partial charge in [0.25, 0.3) is 10.0 Å². The lowest BCUT2D eigenvalue weighted by atomic mass is 9.98. The Bertz CT molecular complexity index is 911. The molecule has 2 aromatic carbocycles. The predicted molar refractivity (Wildman–Crippen MR) is 110 cm³/mol. The second kappa shape index (κ2) is 9.39. The number of benzene rings is 2. The number of hydrogen-bond acceptors (Lipinski definition) is 4. The standard InChI is InChI=1S/C21H27N3O4S/c1-16-8-10-19(11-9-16)29(26,27)23-21(25)22-17(2)20(18-6-4-3-5-7-18)24-12-14-28-15-13-24/h3-11,17,20H,12-15H2,1-2H3,(H2,22,23,25)/p+1/t17-,20-/m0/s1. The van der Waals surface area contributed by atoms with Crippen LogP contribution in [0, 0.1) is 6.92 Å². The van der Waals surface area contributed by atoms with Crippen LogP contribution in [0.2, 0.25) is 0 Å². The van der Waals surface area contributed by atoms with Gasteiger partial charge in [0.1, 0.15) is 19.1 Å². The van der Waals surface area contributed by atoms with Crippen LogP contribution >= 0.6 is 0 Å². The third kappa shape index (κ3) is 5.56. The number of morpholine rings is 1. The van der Waals surface area contributed by atoms with E-state index in [-0.39, 0.29) is 17.0 Å². The fourth-order valence-electron chi connectivity index (χ4n) is 3.70. The second-order valence-corrected chi connectivity index (χ2v) is 9.02. The van der Waals surface area contributed by atoms with E-state index in [1.807, 2.05) is 44.2 Å². The highest BCUT2D eigenvalue weighted by molar-refractivity contribution is 7.90. The average Bonchev–Trinajstić information content (AvgIpc) is 2.69. The summed E-state index contributed by atoms with van der Waals surface area (Å²) < 4.78 is 32.6. The Hall–Kier alpha value is -2.42. The summed E-state index contributed by atoms with van der Waals surface area (Å²) in [6.45, 7) is 6.76. The molecule has 1 aliphatic rings. The number of urea groups is 1. The Balaban J connectivity index is 1.72. The van der Waals surface area contributed by atoms with Crippen molar-refractivity contribution in [1.29, 1.82) is 0 Å². The van der Waals surface area contributed by atoms with Gasteiger partial charge in [-0.3, -0.25) is 0 Å². The largest absolute Gasteiger partial charge is 0.370 e. The van der Waals surface area contributed by atoms with Crippen LogP contribution in [0.4, 0.5) is 4.79 Å². The SMILES string of the molecule is Cc1ccc(S(=O)(=O)NC(=O)N[C@@H](C)[C@@H](c2ccccc2)[NH+]2CCOCC2)cc1. The molecular weight excluding hydrogens is 390 g/mol. The molecule has 156 valence electrons. The molecule has 29 heavy (non-hydrogen) atoms. The molecule has 8 heteroatoms. The maximum Gasteiger partial charge on any atom is 0.329 e. The smallest absolute Gasteiger partial charge is 0.329 e. The van der Waals surface area contributed by atoms with Crippen LogP contribution in [0.3, 0.4) is 0 Å². The lowest BCUT2D eigenvalue weighted by Gasteiger charge is -2.35. The molecule has 0 radical (unpaired) electrons. The fraction of sp³-hybridized carbons (Fsp3) is 0.381. The zero-order valence-corrected chi connectivity index (χ0v) is 17.5. The minimum Gasteiger partial charge on any atom is -0.370 e. The molecule has 0 unspecified atom stereocenters. The molecule has 3 rings (SSSR count). The summed E-state index contributed by atoms with van der Waals surface area (Å²) in [7, 11) is -3.93. The van der Waals surface area contributed by atoms with Crippen molar-refractivity contribution in [1.82, 2.24) is 10.0 Å².